The van der Waals surface area contributed by atoms with Crippen molar-refractivity contribution in [2.75, 3.05) is 7.05 Å². The average Bonchev–Trinajstić information content (AvgIpc) is 2.09. The summed E-state index contributed by atoms with van der Waals surface area (Å²) in [5.74, 6) is 0.546. The summed E-state index contributed by atoms with van der Waals surface area (Å²) in [6.07, 6.45) is 0. The van der Waals surface area contributed by atoms with Gasteiger partial charge in [-0.1, -0.05) is 43.6 Å². The molecule has 0 fully saturated rings. The Kier molecular flexibility index (Phi) is 3.76. The molecule has 0 aliphatic rings. The molecule has 2 heteroatoms. The van der Waals surface area contributed by atoms with E-state index in [1.165, 1.54) is 5.56 Å². The van der Waals surface area contributed by atoms with Gasteiger partial charge >= 0.3 is 0 Å². The fourth-order valence-electron chi connectivity index (χ4n) is 1.58. The molecule has 0 aliphatic heterocycles. The van der Waals surface area contributed by atoms with Gasteiger partial charge in [0.25, 0.3) is 0 Å². The minimum Gasteiger partial charge on any atom is -0.313 e. The smallest absolute Gasteiger partial charge is 0.0453 e. The molecule has 1 aromatic carbocycles. The fraction of sp³-hybridized carbons (Fsp3) is 0.455. The Morgan fingerprint density at radius 3 is 2.31 bits per heavy atom. The molecule has 1 nitrogen and oxygen atoms in total. The predicted octanol–water partition coefficient (Wildman–Crippen LogP) is 3.26. The van der Waals surface area contributed by atoms with Crippen molar-refractivity contribution in [2.45, 2.75) is 19.9 Å². The van der Waals surface area contributed by atoms with Crippen molar-refractivity contribution in [3.63, 3.8) is 0 Å². The highest BCUT2D eigenvalue weighted by atomic mass is 35.5. The van der Waals surface area contributed by atoms with Crippen LogP contribution in [-0.2, 0) is 0 Å². The van der Waals surface area contributed by atoms with Gasteiger partial charge in [0.15, 0.2) is 0 Å². The minimum absolute atomic E-state index is 0.341. The Balaban J connectivity index is 2.97. The maximum atomic E-state index is 6.10. The van der Waals surface area contributed by atoms with Gasteiger partial charge in [0.1, 0.15) is 0 Å². The Bertz CT molecular complexity index is 271. The van der Waals surface area contributed by atoms with E-state index in [0.29, 0.717) is 12.0 Å². The first kappa shape index (κ1) is 10.6. The lowest BCUT2D eigenvalue weighted by molar-refractivity contribution is 0.443. The van der Waals surface area contributed by atoms with Crippen molar-refractivity contribution in [3.8, 4) is 0 Å². The third-order valence-electron chi connectivity index (χ3n) is 2.22. The molecule has 1 rings (SSSR count). The molecule has 0 saturated carbocycles. The van der Waals surface area contributed by atoms with Gasteiger partial charge in [-0.15, -0.1) is 0 Å². The van der Waals surface area contributed by atoms with Crippen LogP contribution in [0.4, 0.5) is 0 Å². The van der Waals surface area contributed by atoms with Crippen LogP contribution in [0.15, 0.2) is 24.3 Å². The van der Waals surface area contributed by atoms with Gasteiger partial charge < -0.3 is 5.32 Å². The third kappa shape index (κ3) is 2.45. The third-order valence-corrected chi connectivity index (χ3v) is 2.56. The van der Waals surface area contributed by atoms with E-state index in [1.54, 1.807) is 0 Å². The van der Waals surface area contributed by atoms with Gasteiger partial charge in [-0.3, -0.25) is 0 Å². The maximum absolute atomic E-state index is 6.10. The van der Waals surface area contributed by atoms with Gasteiger partial charge in [-0.25, -0.2) is 0 Å². The molecule has 13 heavy (non-hydrogen) atoms. The predicted molar refractivity (Wildman–Crippen MR) is 58.1 cm³/mol. The molecule has 0 aromatic heterocycles. The first-order chi connectivity index (χ1) is 6.16. The first-order valence-corrected chi connectivity index (χ1v) is 4.96. The molecule has 1 N–H and O–H groups in total. The summed E-state index contributed by atoms with van der Waals surface area (Å²) >= 11 is 6.10. The lowest BCUT2D eigenvalue weighted by Crippen LogP contribution is -2.21. The quantitative estimate of drug-likeness (QED) is 0.785. The van der Waals surface area contributed by atoms with Crippen molar-refractivity contribution in [1.29, 1.82) is 0 Å². The second-order valence-electron chi connectivity index (χ2n) is 3.53. The first-order valence-electron chi connectivity index (χ1n) is 4.58. The topological polar surface area (TPSA) is 12.0 Å². The van der Waals surface area contributed by atoms with E-state index in [9.17, 15) is 0 Å². The fourth-order valence-corrected chi connectivity index (χ4v) is 1.83. The molecule has 0 saturated heterocycles. The molecular formula is C11H16ClN. The van der Waals surface area contributed by atoms with Gasteiger partial charge in [-0.05, 0) is 24.6 Å². The minimum atomic E-state index is 0.341. The van der Waals surface area contributed by atoms with Crippen molar-refractivity contribution >= 4 is 11.6 Å². The highest BCUT2D eigenvalue weighted by Gasteiger charge is 2.15. The van der Waals surface area contributed by atoms with Crippen molar-refractivity contribution < 1.29 is 0 Å². The van der Waals surface area contributed by atoms with Crippen LogP contribution in [0.2, 0.25) is 5.02 Å². The lowest BCUT2D eigenvalue weighted by atomic mass is 9.96. The van der Waals surface area contributed by atoms with Gasteiger partial charge in [0.2, 0.25) is 0 Å². The summed E-state index contributed by atoms with van der Waals surface area (Å²) in [7, 11) is 1.97. The van der Waals surface area contributed by atoms with Crippen LogP contribution in [0.5, 0.6) is 0 Å². The second-order valence-corrected chi connectivity index (χ2v) is 3.94. The van der Waals surface area contributed by atoms with Crippen LogP contribution >= 0.6 is 11.6 Å². The van der Waals surface area contributed by atoms with Crippen LogP contribution in [0, 0.1) is 5.92 Å². The molecule has 0 aliphatic carbocycles. The molecule has 1 atom stereocenters. The molecule has 0 spiro atoms. The van der Waals surface area contributed by atoms with Crippen LogP contribution in [0.25, 0.3) is 0 Å². The standard InChI is InChI=1S/C11H16ClN/c1-8(2)11(13-3)9-6-4-5-7-10(9)12/h4-8,11,13H,1-3H3/t11-/m1/s1. The number of hydrogen-bond donors (Lipinski definition) is 1. The molecule has 0 heterocycles. The summed E-state index contributed by atoms with van der Waals surface area (Å²) in [5, 5.41) is 4.12. The summed E-state index contributed by atoms with van der Waals surface area (Å²) in [4.78, 5) is 0. The number of nitrogens with one attached hydrogen (secondary N) is 1. The summed E-state index contributed by atoms with van der Waals surface area (Å²) in [6, 6.07) is 8.33. The van der Waals surface area contributed by atoms with Crippen LogP contribution in [-0.4, -0.2) is 7.05 Å². The normalized spacial score (nSPS) is 13.3. The molecular weight excluding hydrogens is 182 g/mol. The van der Waals surface area contributed by atoms with E-state index in [0.717, 1.165) is 5.02 Å². The van der Waals surface area contributed by atoms with E-state index in [1.807, 2.05) is 25.2 Å². The molecule has 0 amide bonds. The second kappa shape index (κ2) is 4.64. The van der Waals surface area contributed by atoms with Crippen molar-refractivity contribution in [2.24, 2.45) is 5.92 Å². The molecule has 72 valence electrons. The Hall–Kier alpha value is -0.530. The van der Waals surface area contributed by atoms with E-state index in [-0.39, 0.29) is 0 Å². The van der Waals surface area contributed by atoms with Crippen LogP contribution < -0.4 is 5.32 Å². The zero-order valence-electron chi connectivity index (χ0n) is 8.34. The number of halogens is 1. The lowest BCUT2D eigenvalue weighted by Gasteiger charge is -2.21. The molecule has 1 aromatic rings. The SMILES string of the molecule is CN[C@@H](c1ccccc1Cl)C(C)C. The average molecular weight is 198 g/mol. The van der Waals surface area contributed by atoms with E-state index >= 15 is 0 Å². The zero-order chi connectivity index (χ0) is 9.84. The molecule has 0 radical (unpaired) electrons. The number of hydrogen-bond acceptors (Lipinski definition) is 1. The van der Waals surface area contributed by atoms with Crippen molar-refractivity contribution in [1.82, 2.24) is 5.32 Å². The van der Waals surface area contributed by atoms with Crippen molar-refractivity contribution in [3.05, 3.63) is 34.9 Å². The van der Waals surface area contributed by atoms with Gasteiger partial charge in [0.05, 0.1) is 0 Å². The van der Waals surface area contributed by atoms with E-state index in [2.05, 4.69) is 25.2 Å². The largest absolute Gasteiger partial charge is 0.313 e. The number of rotatable bonds is 3. The highest BCUT2D eigenvalue weighted by molar-refractivity contribution is 6.31. The van der Waals surface area contributed by atoms with E-state index in [4.69, 9.17) is 11.6 Å². The Morgan fingerprint density at radius 2 is 1.85 bits per heavy atom. The monoisotopic (exact) mass is 197 g/mol. The molecule has 0 bridgehead atoms. The van der Waals surface area contributed by atoms with Crippen LogP contribution in [0.1, 0.15) is 25.5 Å². The van der Waals surface area contributed by atoms with Gasteiger partial charge in [0, 0.05) is 11.1 Å². The molecule has 0 unspecified atom stereocenters. The summed E-state index contributed by atoms with van der Waals surface area (Å²) in [5.41, 5.74) is 1.18. The highest BCUT2D eigenvalue weighted by Crippen LogP contribution is 2.27. The summed E-state index contributed by atoms with van der Waals surface area (Å²) in [6.45, 7) is 4.37. The van der Waals surface area contributed by atoms with Gasteiger partial charge in [-0.2, -0.15) is 0 Å². The summed E-state index contributed by atoms with van der Waals surface area (Å²) < 4.78 is 0. The number of benzene rings is 1. The van der Waals surface area contributed by atoms with E-state index < -0.39 is 0 Å². The Labute approximate surface area is 85.1 Å². The maximum Gasteiger partial charge on any atom is 0.0453 e. The Morgan fingerprint density at radius 1 is 1.23 bits per heavy atom. The van der Waals surface area contributed by atoms with Crippen LogP contribution in [0.3, 0.4) is 0 Å². The zero-order valence-corrected chi connectivity index (χ0v) is 9.10.